The summed E-state index contributed by atoms with van der Waals surface area (Å²) < 4.78 is 13.9. The maximum Gasteiger partial charge on any atom is 0.239 e. The lowest BCUT2D eigenvalue weighted by Crippen LogP contribution is -2.42. The predicted octanol–water partition coefficient (Wildman–Crippen LogP) is 2.54. The molecule has 0 spiro atoms. The standard InChI is InChI=1S/C13H18BrFN2O/c1-4-17(3)13(18)9(2)16-8-10-7-11(15)5-6-12(10)14/h5-7,9,16H,4,8H2,1-3H3. The fourth-order valence-electron chi connectivity index (χ4n) is 1.52. The van der Waals surface area contributed by atoms with E-state index < -0.39 is 0 Å². The van der Waals surface area contributed by atoms with Crippen LogP contribution < -0.4 is 5.32 Å². The number of amides is 1. The number of nitrogens with one attached hydrogen (secondary N) is 1. The number of likely N-dealkylation sites (N-methyl/N-ethyl adjacent to an activating group) is 1. The number of benzene rings is 1. The molecule has 0 bridgehead atoms. The van der Waals surface area contributed by atoms with E-state index in [1.54, 1.807) is 18.0 Å². The van der Waals surface area contributed by atoms with Gasteiger partial charge in [-0.15, -0.1) is 0 Å². The van der Waals surface area contributed by atoms with Crippen LogP contribution in [0.25, 0.3) is 0 Å². The molecule has 5 heteroatoms. The second-order valence-electron chi connectivity index (χ2n) is 4.19. The van der Waals surface area contributed by atoms with Crippen molar-refractivity contribution in [2.45, 2.75) is 26.4 Å². The zero-order valence-corrected chi connectivity index (χ0v) is 12.4. The minimum atomic E-state index is -0.287. The second kappa shape index (κ2) is 6.85. The number of nitrogens with zero attached hydrogens (tertiary/aromatic N) is 1. The molecule has 0 heterocycles. The minimum absolute atomic E-state index is 0.0324. The molecule has 0 aromatic heterocycles. The molecule has 0 aliphatic heterocycles. The van der Waals surface area contributed by atoms with Crippen LogP contribution in [0.5, 0.6) is 0 Å². The molecule has 0 fully saturated rings. The first-order valence-corrected chi connectivity index (χ1v) is 6.67. The molecular formula is C13H18BrFN2O. The smallest absolute Gasteiger partial charge is 0.239 e. The van der Waals surface area contributed by atoms with Crippen molar-refractivity contribution in [3.63, 3.8) is 0 Å². The first-order chi connectivity index (χ1) is 8.45. The molecule has 0 saturated heterocycles. The van der Waals surface area contributed by atoms with E-state index >= 15 is 0 Å². The Morgan fingerprint density at radius 1 is 1.56 bits per heavy atom. The number of halogens is 2. The highest BCUT2D eigenvalue weighted by Crippen LogP contribution is 2.17. The SMILES string of the molecule is CCN(C)C(=O)C(C)NCc1cc(F)ccc1Br. The zero-order chi connectivity index (χ0) is 13.7. The van der Waals surface area contributed by atoms with Crippen LogP contribution >= 0.6 is 15.9 Å². The van der Waals surface area contributed by atoms with Gasteiger partial charge < -0.3 is 10.2 Å². The molecule has 1 unspecified atom stereocenters. The monoisotopic (exact) mass is 316 g/mol. The van der Waals surface area contributed by atoms with Crippen molar-refractivity contribution in [2.24, 2.45) is 0 Å². The Kier molecular flexibility index (Phi) is 5.75. The quantitative estimate of drug-likeness (QED) is 0.905. The number of hydrogen-bond donors (Lipinski definition) is 1. The van der Waals surface area contributed by atoms with Gasteiger partial charge in [0, 0.05) is 24.6 Å². The largest absolute Gasteiger partial charge is 0.345 e. The Labute approximate surface area is 115 Å². The summed E-state index contributed by atoms with van der Waals surface area (Å²) in [7, 11) is 1.76. The normalized spacial score (nSPS) is 12.3. The maximum absolute atomic E-state index is 13.1. The molecule has 0 aliphatic rings. The highest BCUT2D eigenvalue weighted by molar-refractivity contribution is 9.10. The van der Waals surface area contributed by atoms with Crippen molar-refractivity contribution < 1.29 is 9.18 Å². The molecule has 1 amide bonds. The molecule has 0 aliphatic carbocycles. The van der Waals surface area contributed by atoms with Crippen LogP contribution in [0.4, 0.5) is 4.39 Å². The number of rotatable bonds is 5. The summed E-state index contributed by atoms with van der Waals surface area (Å²) >= 11 is 3.36. The van der Waals surface area contributed by atoms with E-state index in [0.717, 1.165) is 10.0 Å². The number of carbonyl (C=O) groups excluding carboxylic acids is 1. The van der Waals surface area contributed by atoms with Crippen molar-refractivity contribution in [3.05, 3.63) is 34.1 Å². The van der Waals surface area contributed by atoms with Crippen molar-refractivity contribution in [1.29, 1.82) is 0 Å². The van der Waals surface area contributed by atoms with Crippen molar-refractivity contribution in [2.75, 3.05) is 13.6 Å². The van der Waals surface area contributed by atoms with Crippen LogP contribution in [-0.4, -0.2) is 30.4 Å². The summed E-state index contributed by atoms with van der Waals surface area (Å²) in [6, 6.07) is 4.23. The van der Waals surface area contributed by atoms with Gasteiger partial charge in [0.2, 0.25) is 5.91 Å². The molecule has 3 nitrogen and oxygen atoms in total. The van der Waals surface area contributed by atoms with E-state index in [2.05, 4.69) is 21.2 Å². The third-order valence-corrected chi connectivity index (χ3v) is 3.60. The molecule has 1 aromatic carbocycles. The van der Waals surface area contributed by atoms with Crippen molar-refractivity contribution >= 4 is 21.8 Å². The van der Waals surface area contributed by atoms with Crippen LogP contribution in [-0.2, 0) is 11.3 Å². The van der Waals surface area contributed by atoms with E-state index in [4.69, 9.17) is 0 Å². The average Bonchev–Trinajstić information content (AvgIpc) is 2.37. The Morgan fingerprint density at radius 2 is 2.22 bits per heavy atom. The highest BCUT2D eigenvalue weighted by atomic mass is 79.9. The third kappa shape index (κ3) is 4.07. The summed E-state index contributed by atoms with van der Waals surface area (Å²) in [4.78, 5) is 13.5. The van der Waals surface area contributed by atoms with Gasteiger partial charge in [-0.25, -0.2) is 4.39 Å². The Morgan fingerprint density at radius 3 is 2.83 bits per heavy atom. The summed E-state index contributed by atoms with van der Waals surface area (Å²) in [5.74, 6) is -0.246. The van der Waals surface area contributed by atoms with Crippen LogP contribution in [0, 0.1) is 5.82 Å². The number of hydrogen-bond acceptors (Lipinski definition) is 2. The van der Waals surface area contributed by atoms with Crippen LogP contribution in [0.1, 0.15) is 19.4 Å². The summed E-state index contributed by atoms with van der Waals surface area (Å²) in [5, 5.41) is 3.09. The van der Waals surface area contributed by atoms with E-state index in [1.807, 2.05) is 13.8 Å². The van der Waals surface area contributed by atoms with Crippen molar-refractivity contribution in [1.82, 2.24) is 10.2 Å². The topological polar surface area (TPSA) is 32.3 Å². The van der Waals surface area contributed by atoms with Crippen LogP contribution in [0.3, 0.4) is 0 Å². The molecule has 1 N–H and O–H groups in total. The Balaban J connectivity index is 2.59. The van der Waals surface area contributed by atoms with Crippen LogP contribution in [0.2, 0.25) is 0 Å². The van der Waals surface area contributed by atoms with Gasteiger partial charge in [-0.2, -0.15) is 0 Å². The van der Waals surface area contributed by atoms with Crippen molar-refractivity contribution in [3.8, 4) is 0 Å². The summed E-state index contributed by atoms with van der Waals surface area (Å²) in [6.45, 7) is 4.85. The molecule has 18 heavy (non-hydrogen) atoms. The van der Waals surface area contributed by atoms with Gasteiger partial charge in [0.1, 0.15) is 5.82 Å². The molecule has 0 radical (unpaired) electrons. The molecule has 1 rings (SSSR count). The maximum atomic E-state index is 13.1. The zero-order valence-electron chi connectivity index (χ0n) is 10.8. The third-order valence-electron chi connectivity index (χ3n) is 2.83. The average molecular weight is 317 g/mol. The van der Waals surface area contributed by atoms with Gasteiger partial charge in [-0.3, -0.25) is 4.79 Å². The second-order valence-corrected chi connectivity index (χ2v) is 5.05. The lowest BCUT2D eigenvalue weighted by atomic mass is 10.2. The predicted molar refractivity (Wildman–Crippen MR) is 73.7 cm³/mol. The first kappa shape index (κ1) is 15.1. The van der Waals surface area contributed by atoms with Gasteiger partial charge in [0.25, 0.3) is 0 Å². The summed E-state index contributed by atoms with van der Waals surface area (Å²) in [5.41, 5.74) is 0.800. The van der Waals surface area contributed by atoms with Crippen LogP contribution in [0.15, 0.2) is 22.7 Å². The van der Waals surface area contributed by atoms with Gasteiger partial charge >= 0.3 is 0 Å². The molecule has 1 aromatic rings. The van der Waals surface area contributed by atoms with Gasteiger partial charge in [-0.1, -0.05) is 15.9 Å². The lowest BCUT2D eigenvalue weighted by molar-refractivity contribution is -0.131. The fraction of sp³-hybridized carbons (Fsp3) is 0.462. The molecular weight excluding hydrogens is 299 g/mol. The van der Waals surface area contributed by atoms with E-state index in [0.29, 0.717) is 13.1 Å². The van der Waals surface area contributed by atoms with Gasteiger partial charge in [-0.05, 0) is 37.6 Å². The molecule has 1 atom stereocenters. The van der Waals surface area contributed by atoms with Gasteiger partial charge in [0.15, 0.2) is 0 Å². The lowest BCUT2D eigenvalue weighted by Gasteiger charge is -2.20. The van der Waals surface area contributed by atoms with E-state index in [9.17, 15) is 9.18 Å². The fourth-order valence-corrected chi connectivity index (χ4v) is 1.90. The number of carbonyl (C=O) groups is 1. The Bertz CT molecular complexity index is 425. The first-order valence-electron chi connectivity index (χ1n) is 5.88. The Hall–Kier alpha value is -0.940. The van der Waals surface area contributed by atoms with E-state index in [-0.39, 0.29) is 17.8 Å². The van der Waals surface area contributed by atoms with Gasteiger partial charge in [0.05, 0.1) is 6.04 Å². The minimum Gasteiger partial charge on any atom is -0.345 e. The molecule has 0 saturated carbocycles. The summed E-state index contributed by atoms with van der Waals surface area (Å²) in [6.07, 6.45) is 0. The highest BCUT2D eigenvalue weighted by Gasteiger charge is 2.15. The molecule has 100 valence electrons. The van der Waals surface area contributed by atoms with E-state index in [1.165, 1.54) is 12.1 Å².